The number of alkyl halides is 1. The molecule has 0 radical (unpaired) electrons. The summed E-state index contributed by atoms with van der Waals surface area (Å²) in [6.07, 6.45) is 1.07. The Bertz CT molecular complexity index is 566. The molecular formula is C13H15Cl2FN2. The minimum absolute atomic E-state index is 0.119. The summed E-state index contributed by atoms with van der Waals surface area (Å²) >= 11 is 11.7. The Morgan fingerprint density at radius 3 is 2.78 bits per heavy atom. The lowest BCUT2D eigenvalue weighted by atomic mass is 10.1. The highest BCUT2D eigenvalue weighted by Crippen LogP contribution is 2.25. The van der Waals surface area contributed by atoms with Crippen LogP contribution in [0.4, 0.5) is 4.39 Å². The number of hydrogen-bond donors (Lipinski definition) is 0. The van der Waals surface area contributed by atoms with Crippen molar-refractivity contribution in [2.45, 2.75) is 32.7 Å². The number of halogens is 3. The van der Waals surface area contributed by atoms with E-state index in [1.807, 2.05) is 4.57 Å². The molecule has 5 heteroatoms. The molecule has 1 unspecified atom stereocenters. The fourth-order valence-electron chi connectivity index (χ4n) is 1.92. The molecule has 1 atom stereocenters. The van der Waals surface area contributed by atoms with Crippen LogP contribution in [0.3, 0.4) is 0 Å². The molecule has 0 aliphatic heterocycles. The van der Waals surface area contributed by atoms with Crippen LogP contribution in [0.25, 0.3) is 11.0 Å². The van der Waals surface area contributed by atoms with Gasteiger partial charge in [-0.25, -0.2) is 9.37 Å². The number of imidazole rings is 1. The Morgan fingerprint density at radius 1 is 1.44 bits per heavy atom. The van der Waals surface area contributed by atoms with Crippen molar-refractivity contribution < 1.29 is 4.39 Å². The van der Waals surface area contributed by atoms with E-state index in [9.17, 15) is 4.39 Å². The average molecular weight is 289 g/mol. The minimum atomic E-state index is -0.446. The van der Waals surface area contributed by atoms with Gasteiger partial charge in [0.1, 0.15) is 11.6 Å². The maximum absolute atomic E-state index is 13.4. The van der Waals surface area contributed by atoms with Crippen LogP contribution in [-0.2, 0) is 12.4 Å². The second-order valence-corrected chi connectivity index (χ2v) is 5.22. The predicted octanol–water partition coefficient (Wildman–Crippen LogP) is 4.61. The number of hydrogen-bond acceptors (Lipinski definition) is 1. The van der Waals surface area contributed by atoms with Gasteiger partial charge in [-0.2, -0.15) is 0 Å². The molecule has 0 saturated carbocycles. The molecule has 0 fully saturated rings. The van der Waals surface area contributed by atoms with E-state index in [1.165, 1.54) is 6.07 Å². The zero-order valence-electron chi connectivity index (χ0n) is 10.4. The van der Waals surface area contributed by atoms with Crippen molar-refractivity contribution in [3.8, 4) is 0 Å². The second kappa shape index (κ2) is 5.45. The van der Waals surface area contributed by atoms with Gasteiger partial charge in [-0.15, -0.1) is 11.6 Å². The largest absolute Gasteiger partial charge is 0.327 e. The molecule has 0 aliphatic rings. The standard InChI is InChI=1S/C13H15Cl2FN2/c1-3-8(2)7-18-12-4-9(15)10(16)5-11(12)17-13(18)6-14/h4-5,8H,3,6-7H2,1-2H3. The van der Waals surface area contributed by atoms with Crippen LogP contribution in [0.15, 0.2) is 12.1 Å². The van der Waals surface area contributed by atoms with Crippen LogP contribution < -0.4 is 0 Å². The third-order valence-corrected chi connectivity index (χ3v) is 3.71. The van der Waals surface area contributed by atoms with E-state index in [2.05, 4.69) is 18.8 Å². The Morgan fingerprint density at radius 2 is 2.17 bits per heavy atom. The predicted molar refractivity (Wildman–Crippen MR) is 73.7 cm³/mol. The minimum Gasteiger partial charge on any atom is -0.327 e. The number of aromatic nitrogens is 2. The summed E-state index contributed by atoms with van der Waals surface area (Å²) in [6.45, 7) is 5.11. The highest BCUT2D eigenvalue weighted by molar-refractivity contribution is 6.31. The maximum Gasteiger partial charge on any atom is 0.144 e. The number of nitrogens with zero attached hydrogens (tertiary/aromatic N) is 2. The molecule has 2 nitrogen and oxygen atoms in total. The first-order chi connectivity index (χ1) is 8.56. The lowest BCUT2D eigenvalue weighted by Crippen LogP contribution is -2.09. The van der Waals surface area contributed by atoms with Gasteiger partial charge in [0.2, 0.25) is 0 Å². The van der Waals surface area contributed by atoms with E-state index >= 15 is 0 Å². The highest BCUT2D eigenvalue weighted by Gasteiger charge is 2.14. The third-order valence-electron chi connectivity index (χ3n) is 3.18. The molecule has 0 spiro atoms. The summed E-state index contributed by atoms with van der Waals surface area (Å²) < 4.78 is 15.4. The zero-order valence-corrected chi connectivity index (χ0v) is 11.9. The molecule has 1 aromatic heterocycles. The Hall–Kier alpha value is -0.800. The smallest absolute Gasteiger partial charge is 0.144 e. The molecule has 1 aromatic carbocycles. The quantitative estimate of drug-likeness (QED) is 0.751. The van der Waals surface area contributed by atoms with Crippen molar-refractivity contribution in [1.82, 2.24) is 9.55 Å². The second-order valence-electron chi connectivity index (χ2n) is 4.54. The molecule has 2 rings (SSSR count). The average Bonchev–Trinajstić information content (AvgIpc) is 2.67. The first-order valence-corrected chi connectivity index (χ1v) is 6.88. The topological polar surface area (TPSA) is 17.8 Å². The van der Waals surface area contributed by atoms with Crippen molar-refractivity contribution in [2.24, 2.45) is 5.92 Å². The summed E-state index contributed by atoms with van der Waals surface area (Å²) in [5.74, 6) is 1.13. The van der Waals surface area contributed by atoms with Crippen LogP contribution in [0.5, 0.6) is 0 Å². The number of fused-ring (bicyclic) bond motifs is 1. The van der Waals surface area contributed by atoms with Gasteiger partial charge in [0.15, 0.2) is 0 Å². The van der Waals surface area contributed by atoms with Gasteiger partial charge < -0.3 is 4.57 Å². The summed E-state index contributed by atoms with van der Waals surface area (Å²) in [6, 6.07) is 2.98. The van der Waals surface area contributed by atoms with Gasteiger partial charge in [-0.05, 0) is 12.0 Å². The number of benzene rings is 1. The molecule has 0 aliphatic carbocycles. The molecule has 98 valence electrons. The molecule has 1 heterocycles. The van der Waals surface area contributed by atoms with Crippen LogP contribution in [0, 0.1) is 11.7 Å². The van der Waals surface area contributed by atoms with Gasteiger partial charge >= 0.3 is 0 Å². The van der Waals surface area contributed by atoms with Crippen molar-refractivity contribution >= 4 is 34.2 Å². The van der Waals surface area contributed by atoms with Gasteiger partial charge in [-0.3, -0.25) is 0 Å². The van der Waals surface area contributed by atoms with Crippen molar-refractivity contribution in [1.29, 1.82) is 0 Å². The summed E-state index contributed by atoms with van der Waals surface area (Å²) in [5, 5.41) is 0.119. The molecule has 2 aromatic rings. The Balaban J connectivity index is 2.57. The molecular weight excluding hydrogens is 274 g/mol. The van der Waals surface area contributed by atoms with Crippen LogP contribution in [0.1, 0.15) is 26.1 Å². The van der Waals surface area contributed by atoms with E-state index in [-0.39, 0.29) is 5.02 Å². The van der Waals surface area contributed by atoms with Gasteiger partial charge in [0.05, 0.1) is 21.9 Å². The Labute approximate surface area is 116 Å². The maximum atomic E-state index is 13.4. The van der Waals surface area contributed by atoms with Crippen LogP contribution in [-0.4, -0.2) is 9.55 Å². The summed E-state index contributed by atoms with van der Waals surface area (Å²) in [5.41, 5.74) is 1.45. The van der Waals surface area contributed by atoms with Gasteiger partial charge in [0.25, 0.3) is 0 Å². The van der Waals surface area contributed by atoms with E-state index in [0.29, 0.717) is 17.3 Å². The Kier molecular flexibility index (Phi) is 4.13. The van der Waals surface area contributed by atoms with Crippen molar-refractivity contribution in [3.05, 3.63) is 28.8 Å². The monoisotopic (exact) mass is 288 g/mol. The van der Waals surface area contributed by atoms with Crippen LogP contribution >= 0.6 is 23.2 Å². The molecule has 0 N–H and O–H groups in total. The first-order valence-electron chi connectivity index (χ1n) is 5.97. The fourth-order valence-corrected chi connectivity index (χ4v) is 2.28. The summed E-state index contributed by atoms with van der Waals surface area (Å²) in [7, 11) is 0. The lowest BCUT2D eigenvalue weighted by Gasteiger charge is -2.12. The van der Waals surface area contributed by atoms with Crippen molar-refractivity contribution in [3.63, 3.8) is 0 Å². The molecule has 18 heavy (non-hydrogen) atoms. The highest BCUT2D eigenvalue weighted by atomic mass is 35.5. The molecule has 0 saturated heterocycles. The number of rotatable bonds is 4. The lowest BCUT2D eigenvalue weighted by molar-refractivity contribution is 0.469. The van der Waals surface area contributed by atoms with E-state index < -0.39 is 5.82 Å². The summed E-state index contributed by atoms with van der Waals surface area (Å²) in [4.78, 5) is 4.35. The van der Waals surface area contributed by atoms with E-state index in [0.717, 1.165) is 24.3 Å². The fraction of sp³-hybridized carbons (Fsp3) is 0.462. The van der Waals surface area contributed by atoms with E-state index in [4.69, 9.17) is 23.2 Å². The van der Waals surface area contributed by atoms with Crippen LogP contribution in [0.2, 0.25) is 5.02 Å². The van der Waals surface area contributed by atoms with Crippen molar-refractivity contribution in [2.75, 3.05) is 0 Å². The third kappa shape index (κ3) is 2.47. The molecule has 0 amide bonds. The SMILES string of the molecule is CCC(C)Cn1c(CCl)nc2cc(F)c(Cl)cc21. The normalized spacial score (nSPS) is 13.2. The van der Waals surface area contributed by atoms with Gasteiger partial charge in [-0.1, -0.05) is 31.9 Å². The van der Waals surface area contributed by atoms with Gasteiger partial charge in [0, 0.05) is 12.6 Å². The first kappa shape index (κ1) is 13.6. The zero-order chi connectivity index (χ0) is 13.3. The molecule has 0 bridgehead atoms. The van der Waals surface area contributed by atoms with E-state index in [1.54, 1.807) is 6.07 Å².